The molecule has 2 aliphatic heterocycles. The highest BCUT2D eigenvalue weighted by Crippen LogP contribution is 2.28. The number of nitrogens with zero attached hydrogens (tertiary/aromatic N) is 4. The Morgan fingerprint density at radius 3 is 2.48 bits per heavy atom. The molecule has 0 bridgehead atoms. The third-order valence-electron chi connectivity index (χ3n) is 5.73. The number of hydrogen-bond acceptors (Lipinski definition) is 6. The molecule has 0 aliphatic carbocycles. The van der Waals surface area contributed by atoms with Gasteiger partial charge in [0.25, 0.3) is 0 Å². The lowest BCUT2D eigenvalue weighted by Crippen LogP contribution is -2.45. The van der Waals surface area contributed by atoms with Crippen molar-refractivity contribution in [2.75, 3.05) is 26.2 Å². The number of benzene rings is 1. The van der Waals surface area contributed by atoms with E-state index < -0.39 is 10.0 Å². The van der Waals surface area contributed by atoms with Crippen LogP contribution < -0.4 is 0 Å². The first-order valence-electron chi connectivity index (χ1n) is 10.1. The molecule has 2 fully saturated rings. The topological polar surface area (TPSA) is 96.6 Å². The molecule has 0 spiro atoms. The van der Waals surface area contributed by atoms with Gasteiger partial charge in [0.05, 0.1) is 4.90 Å². The van der Waals surface area contributed by atoms with Gasteiger partial charge in [-0.25, -0.2) is 8.42 Å². The van der Waals surface area contributed by atoms with Crippen LogP contribution in [0, 0.1) is 12.8 Å². The van der Waals surface area contributed by atoms with Crippen molar-refractivity contribution in [3.05, 3.63) is 30.2 Å². The molecule has 0 N–H and O–H groups in total. The summed E-state index contributed by atoms with van der Waals surface area (Å²) in [5, 5.41) is 3.86. The van der Waals surface area contributed by atoms with E-state index in [-0.39, 0.29) is 16.7 Å². The molecule has 29 heavy (non-hydrogen) atoms. The summed E-state index contributed by atoms with van der Waals surface area (Å²) in [6, 6.07) is 6.59. The highest BCUT2D eigenvalue weighted by atomic mass is 32.2. The van der Waals surface area contributed by atoms with Gasteiger partial charge in [-0.2, -0.15) is 9.29 Å². The second-order valence-corrected chi connectivity index (χ2v) is 9.67. The van der Waals surface area contributed by atoms with Gasteiger partial charge < -0.3 is 9.42 Å². The van der Waals surface area contributed by atoms with Crippen LogP contribution in [0.2, 0.25) is 0 Å². The summed E-state index contributed by atoms with van der Waals surface area (Å²) in [6.45, 7) is 4.07. The minimum atomic E-state index is -3.64. The van der Waals surface area contributed by atoms with Crippen LogP contribution in [0.4, 0.5) is 0 Å². The number of amides is 1. The lowest BCUT2D eigenvalue weighted by Gasteiger charge is -2.35. The number of aryl methyl sites for hydroxylation is 1. The maximum atomic E-state index is 13.1. The quantitative estimate of drug-likeness (QED) is 0.757. The Balaban J connectivity index is 1.44. The van der Waals surface area contributed by atoms with Gasteiger partial charge in [0.2, 0.25) is 27.6 Å². The van der Waals surface area contributed by atoms with Gasteiger partial charge in [0, 0.05) is 44.6 Å². The second kappa shape index (κ2) is 8.23. The van der Waals surface area contributed by atoms with Gasteiger partial charge in [-0.3, -0.25) is 4.79 Å². The molecule has 9 heteroatoms. The van der Waals surface area contributed by atoms with E-state index in [9.17, 15) is 13.2 Å². The number of carbonyl (C=O) groups excluding carboxylic acids is 1. The van der Waals surface area contributed by atoms with E-state index in [1.54, 1.807) is 31.2 Å². The van der Waals surface area contributed by atoms with E-state index in [4.69, 9.17) is 4.52 Å². The molecule has 0 unspecified atom stereocenters. The predicted molar refractivity (Wildman–Crippen MR) is 106 cm³/mol. The summed E-state index contributed by atoms with van der Waals surface area (Å²) in [6.07, 6.45) is 4.45. The molecule has 1 aromatic carbocycles. The maximum absolute atomic E-state index is 13.1. The van der Waals surface area contributed by atoms with Crippen LogP contribution in [0.25, 0.3) is 11.4 Å². The third kappa shape index (κ3) is 4.20. The minimum absolute atomic E-state index is 0.0758. The zero-order valence-electron chi connectivity index (χ0n) is 16.6. The predicted octanol–water partition coefficient (Wildman–Crippen LogP) is 2.46. The fourth-order valence-electron chi connectivity index (χ4n) is 4.08. The fourth-order valence-corrected chi connectivity index (χ4v) is 5.59. The molecule has 4 rings (SSSR count). The van der Waals surface area contributed by atoms with Crippen LogP contribution in [0.3, 0.4) is 0 Å². The first kappa shape index (κ1) is 20.0. The Hall–Kier alpha value is -2.26. The van der Waals surface area contributed by atoms with Gasteiger partial charge in [-0.05, 0) is 44.2 Å². The van der Waals surface area contributed by atoms with Crippen molar-refractivity contribution in [2.24, 2.45) is 5.92 Å². The summed E-state index contributed by atoms with van der Waals surface area (Å²) in [7, 11) is -3.64. The van der Waals surface area contributed by atoms with Gasteiger partial charge in [-0.1, -0.05) is 17.3 Å². The molecule has 2 aliphatic rings. The van der Waals surface area contributed by atoms with Crippen LogP contribution in [-0.2, 0) is 14.8 Å². The van der Waals surface area contributed by atoms with Crippen molar-refractivity contribution >= 4 is 15.9 Å². The van der Waals surface area contributed by atoms with Crippen LogP contribution in [0.15, 0.2) is 33.7 Å². The molecule has 0 atom stereocenters. The van der Waals surface area contributed by atoms with Crippen molar-refractivity contribution < 1.29 is 17.7 Å². The molecule has 1 amide bonds. The van der Waals surface area contributed by atoms with E-state index >= 15 is 0 Å². The maximum Gasteiger partial charge on any atom is 0.243 e. The third-order valence-corrected chi connectivity index (χ3v) is 7.62. The highest BCUT2D eigenvalue weighted by molar-refractivity contribution is 7.89. The summed E-state index contributed by atoms with van der Waals surface area (Å²) < 4.78 is 32.7. The Bertz CT molecular complexity index is 974. The smallest absolute Gasteiger partial charge is 0.243 e. The Kier molecular flexibility index (Phi) is 5.69. The molecular formula is C20H26N4O4S. The summed E-state index contributed by atoms with van der Waals surface area (Å²) >= 11 is 0. The molecule has 0 radical (unpaired) electrons. The summed E-state index contributed by atoms with van der Waals surface area (Å²) in [4.78, 5) is 19.0. The van der Waals surface area contributed by atoms with Crippen molar-refractivity contribution in [2.45, 2.75) is 43.9 Å². The van der Waals surface area contributed by atoms with Crippen LogP contribution >= 0.6 is 0 Å². The number of carbonyl (C=O) groups is 1. The molecule has 2 aromatic rings. The molecule has 0 saturated carbocycles. The van der Waals surface area contributed by atoms with Gasteiger partial charge in [0.1, 0.15) is 0 Å². The number of likely N-dealkylation sites (tertiary alicyclic amines) is 1. The first-order chi connectivity index (χ1) is 13.9. The van der Waals surface area contributed by atoms with Crippen LogP contribution in [0.1, 0.15) is 38.0 Å². The largest absolute Gasteiger partial charge is 0.342 e. The number of aromatic nitrogens is 2. The summed E-state index contributed by atoms with van der Waals surface area (Å²) in [5.41, 5.74) is 0.595. The van der Waals surface area contributed by atoms with E-state index in [1.807, 2.05) is 4.90 Å². The Labute approximate surface area is 170 Å². The van der Waals surface area contributed by atoms with Crippen molar-refractivity contribution in [3.8, 4) is 11.4 Å². The Morgan fingerprint density at radius 1 is 1.10 bits per heavy atom. The summed E-state index contributed by atoms with van der Waals surface area (Å²) in [5.74, 6) is 0.906. The van der Waals surface area contributed by atoms with Gasteiger partial charge in [0.15, 0.2) is 0 Å². The van der Waals surface area contributed by atoms with Gasteiger partial charge in [-0.15, -0.1) is 0 Å². The van der Waals surface area contributed by atoms with E-state index in [2.05, 4.69) is 10.1 Å². The molecule has 2 saturated heterocycles. The van der Waals surface area contributed by atoms with E-state index in [0.29, 0.717) is 43.2 Å². The molecular weight excluding hydrogens is 392 g/mol. The monoisotopic (exact) mass is 418 g/mol. The van der Waals surface area contributed by atoms with Crippen molar-refractivity contribution in [1.82, 2.24) is 19.3 Å². The van der Waals surface area contributed by atoms with Gasteiger partial charge >= 0.3 is 0 Å². The fraction of sp³-hybridized carbons (Fsp3) is 0.550. The average Bonchev–Trinajstić information content (AvgIpc) is 3.20. The molecule has 1 aromatic heterocycles. The van der Waals surface area contributed by atoms with E-state index in [1.165, 1.54) is 10.7 Å². The standard InChI is InChI=1S/C20H26N4O4S/c1-15-21-19(22-28-15)17-6-5-7-18(14-17)29(26,27)24-12-8-16(9-13-24)20(25)23-10-3-2-4-11-23/h5-7,14,16H,2-4,8-13H2,1H3. The molecule has 3 heterocycles. The van der Waals surface area contributed by atoms with Crippen molar-refractivity contribution in [3.63, 3.8) is 0 Å². The van der Waals surface area contributed by atoms with Crippen LogP contribution in [-0.4, -0.2) is 59.8 Å². The highest BCUT2D eigenvalue weighted by Gasteiger charge is 2.34. The normalized spacial score (nSPS) is 19.4. The Morgan fingerprint density at radius 2 is 1.83 bits per heavy atom. The molecule has 156 valence electrons. The van der Waals surface area contributed by atoms with Crippen LogP contribution in [0.5, 0.6) is 0 Å². The van der Waals surface area contributed by atoms with Crippen molar-refractivity contribution in [1.29, 1.82) is 0 Å². The minimum Gasteiger partial charge on any atom is -0.342 e. The lowest BCUT2D eigenvalue weighted by molar-refractivity contribution is -0.137. The number of hydrogen-bond donors (Lipinski definition) is 0. The number of rotatable bonds is 4. The zero-order chi connectivity index (χ0) is 20.4. The average molecular weight is 419 g/mol. The van der Waals surface area contributed by atoms with E-state index in [0.717, 1.165) is 25.9 Å². The zero-order valence-corrected chi connectivity index (χ0v) is 17.4. The lowest BCUT2D eigenvalue weighted by atomic mass is 9.95. The molecule has 8 nitrogen and oxygen atoms in total. The first-order valence-corrected chi connectivity index (χ1v) is 11.6. The second-order valence-electron chi connectivity index (χ2n) is 7.73. The SMILES string of the molecule is Cc1nc(-c2cccc(S(=O)(=O)N3CCC(C(=O)N4CCCCC4)CC3)c2)no1. The number of sulfonamides is 1. The number of piperidine rings is 2.